The molecule has 0 N–H and O–H groups in total. The van der Waals surface area contributed by atoms with Gasteiger partial charge in [0.2, 0.25) is 0 Å². The third kappa shape index (κ3) is 6.67. The molecule has 3 heterocycles. The number of nitrogens with zero attached hydrogens (tertiary/aromatic N) is 2. The molecule has 0 saturated carbocycles. The summed E-state index contributed by atoms with van der Waals surface area (Å²) in [5.74, 6) is 0.498. The van der Waals surface area contributed by atoms with Crippen molar-refractivity contribution in [3.05, 3.63) is 115 Å². The van der Waals surface area contributed by atoms with Crippen LogP contribution in [-0.2, 0) is 20.1 Å². The van der Waals surface area contributed by atoms with E-state index in [4.69, 9.17) is 0 Å². The number of aryl methyl sites for hydroxylation is 1. The largest absolute Gasteiger partial charge is 0.305 e. The van der Waals surface area contributed by atoms with Crippen molar-refractivity contribution in [1.29, 1.82) is 0 Å². The summed E-state index contributed by atoms with van der Waals surface area (Å²) in [5, 5.41) is 4.18. The molecule has 0 unspecified atom stereocenters. The molecule has 0 aliphatic rings. The molecule has 0 spiro atoms. The Bertz CT molecular complexity index is 1720. The number of hydrogen-bond donors (Lipinski definition) is 0. The van der Waals surface area contributed by atoms with E-state index in [9.17, 15) is 0 Å². The van der Waals surface area contributed by atoms with E-state index in [0.717, 1.165) is 22.5 Å². The van der Waals surface area contributed by atoms with Crippen molar-refractivity contribution < 1.29 is 20.1 Å². The van der Waals surface area contributed by atoms with Crippen molar-refractivity contribution in [2.75, 3.05) is 0 Å². The Hall–Kier alpha value is -2.95. The summed E-state index contributed by atoms with van der Waals surface area (Å²) in [6.45, 7) is 13.7. The second-order valence-electron chi connectivity index (χ2n) is 11.3. The minimum Gasteiger partial charge on any atom is -0.305 e. The molecule has 0 atom stereocenters. The van der Waals surface area contributed by atoms with Gasteiger partial charge < -0.3 is 9.97 Å². The molecule has 0 bridgehead atoms. The molecule has 2 nitrogen and oxygen atoms in total. The molecule has 6 aromatic rings. The molecule has 205 valence electrons. The van der Waals surface area contributed by atoms with Crippen LogP contribution in [0.5, 0.6) is 0 Å². The summed E-state index contributed by atoms with van der Waals surface area (Å²) in [4.78, 5) is 8.97. The summed E-state index contributed by atoms with van der Waals surface area (Å²) < 4.78 is 2.67. The van der Waals surface area contributed by atoms with E-state index < -0.39 is 8.07 Å². The average Bonchev–Trinajstić information content (AvgIpc) is 3.32. The second-order valence-corrected chi connectivity index (χ2v) is 17.4. The van der Waals surface area contributed by atoms with E-state index in [1.807, 2.05) is 67.1 Å². The topological polar surface area (TPSA) is 25.8 Å². The number of fused-ring (bicyclic) bond motifs is 3. The number of benzene rings is 3. The standard InChI is InChI=1S/C23H24NSSi.C12H10N.Ir/c1-15(2)16-11-12-24-21(13-16)20-8-6-7-19-18-10-9-17(26(3,4)5)14-22(18)25-23(19)20;1-10-7-8-12(13-9-10)11-5-3-2-4-6-11;/h6-7,9-15H,1-5H3;2-5,7-9H,1H3;/q2*-1;. The van der Waals surface area contributed by atoms with E-state index in [1.54, 1.807) is 0 Å². The van der Waals surface area contributed by atoms with Gasteiger partial charge in [0.1, 0.15) is 0 Å². The Labute approximate surface area is 256 Å². The van der Waals surface area contributed by atoms with E-state index >= 15 is 0 Å². The summed E-state index contributed by atoms with van der Waals surface area (Å²) >= 11 is 1.88. The SMILES string of the molecule is CC(C)c1ccnc(-c2[c-]ccc3c2sc2cc([Si](C)(C)C)ccc23)c1.Cc1ccc(-c2[c-]cccc2)nc1.[Ir]. The quantitative estimate of drug-likeness (QED) is 0.133. The molecule has 0 amide bonds. The number of aromatic nitrogens is 2. The minimum atomic E-state index is -1.31. The third-order valence-corrected chi connectivity index (χ3v) is 10.1. The smallest absolute Gasteiger partial charge is 0.0776 e. The number of hydrogen-bond acceptors (Lipinski definition) is 3. The van der Waals surface area contributed by atoms with Gasteiger partial charge in [-0.3, -0.25) is 0 Å². The fraction of sp³-hybridized carbons (Fsp3) is 0.200. The van der Waals surface area contributed by atoms with Crippen molar-refractivity contribution in [3.8, 4) is 22.5 Å². The second kappa shape index (κ2) is 12.7. The van der Waals surface area contributed by atoms with Crippen molar-refractivity contribution in [2.24, 2.45) is 0 Å². The molecular weight excluding hydrogens is 701 g/mol. The molecule has 1 radical (unpaired) electrons. The molecule has 0 aliphatic heterocycles. The summed E-state index contributed by atoms with van der Waals surface area (Å²) in [7, 11) is -1.31. The van der Waals surface area contributed by atoms with Gasteiger partial charge in [0.05, 0.1) is 8.07 Å². The Morgan fingerprint density at radius 2 is 1.62 bits per heavy atom. The van der Waals surface area contributed by atoms with Crippen LogP contribution in [0.3, 0.4) is 0 Å². The van der Waals surface area contributed by atoms with Gasteiger partial charge in [0.25, 0.3) is 0 Å². The maximum absolute atomic E-state index is 4.65. The van der Waals surface area contributed by atoms with Crippen LogP contribution in [0.25, 0.3) is 42.7 Å². The Morgan fingerprint density at radius 1 is 0.800 bits per heavy atom. The fourth-order valence-corrected chi connectivity index (χ4v) is 7.03. The molecule has 3 aromatic carbocycles. The van der Waals surface area contributed by atoms with Crippen molar-refractivity contribution >= 4 is 44.8 Å². The van der Waals surface area contributed by atoms with Crippen LogP contribution in [0.4, 0.5) is 0 Å². The first-order valence-corrected chi connectivity index (χ1v) is 17.8. The van der Waals surface area contributed by atoms with Gasteiger partial charge in [-0.1, -0.05) is 80.0 Å². The number of thiophene rings is 1. The number of rotatable bonds is 4. The van der Waals surface area contributed by atoms with Crippen molar-refractivity contribution in [3.63, 3.8) is 0 Å². The van der Waals surface area contributed by atoms with Gasteiger partial charge in [-0.15, -0.1) is 59.7 Å². The zero-order chi connectivity index (χ0) is 27.6. The molecule has 6 rings (SSSR count). The fourth-order valence-electron chi connectivity index (χ4n) is 4.52. The van der Waals surface area contributed by atoms with Gasteiger partial charge in [-0.05, 0) is 52.0 Å². The molecule has 40 heavy (non-hydrogen) atoms. The Morgan fingerprint density at radius 3 is 2.30 bits per heavy atom. The first-order valence-electron chi connectivity index (χ1n) is 13.4. The van der Waals surface area contributed by atoms with Crippen LogP contribution in [0.1, 0.15) is 30.9 Å². The van der Waals surface area contributed by atoms with Crippen molar-refractivity contribution in [2.45, 2.75) is 46.3 Å². The van der Waals surface area contributed by atoms with Gasteiger partial charge in [0.15, 0.2) is 0 Å². The third-order valence-electron chi connectivity index (χ3n) is 6.90. The maximum atomic E-state index is 4.65. The van der Waals surface area contributed by atoms with Crippen LogP contribution in [0.2, 0.25) is 19.6 Å². The predicted molar refractivity (Wildman–Crippen MR) is 172 cm³/mol. The zero-order valence-corrected chi connectivity index (χ0v) is 28.1. The molecule has 3 aromatic heterocycles. The maximum Gasteiger partial charge on any atom is 0.0776 e. The average molecular weight is 735 g/mol. The van der Waals surface area contributed by atoms with E-state index in [-0.39, 0.29) is 20.1 Å². The summed E-state index contributed by atoms with van der Waals surface area (Å²) in [6, 6.07) is 34.1. The number of pyridine rings is 2. The van der Waals surface area contributed by atoms with Gasteiger partial charge in [0, 0.05) is 37.2 Å². The summed E-state index contributed by atoms with van der Waals surface area (Å²) in [6.07, 6.45) is 3.80. The summed E-state index contributed by atoms with van der Waals surface area (Å²) in [5.41, 5.74) is 6.68. The normalized spacial score (nSPS) is 11.3. The monoisotopic (exact) mass is 735 g/mol. The Kier molecular flexibility index (Phi) is 9.53. The van der Waals surface area contributed by atoms with Crippen LogP contribution < -0.4 is 5.19 Å². The predicted octanol–water partition coefficient (Wildman–Crippen LogP) is 9.44. The van der Waals surface area contributed by atoms with E-state index in [2.05, 4.69) is 98.1 Å². The van der Waals surface area contributed by atoms with Gasteiger partial charge in [-0.25, -0.2) is 0 Å². The van der Waals surface area contributed by atoms with Crippen LogP contribution in [0, 0.1) is 19.1 Å². The van der Waals surface area contributed by atoms with Gasteiger partial charge >= 0.3 is 0 Å². The van der Waals surface area contributed by atoms with E-state index in [0.29, 0.717) is 5.92 Å². The van der Waals surface area contributed by atoms with Gasteiger partial charge in [-0.2, -0.15) is 11.3 Å². The first-order chi connectivity index (χ1) is 18.7. The van der Waals surface area contributed by atoms with Crippen LogP contribution in [0.15, 0.2) is 91.3 Å². The van der Waals surface area contributed by atoms with E-state index in [1.165, 1.54) is 36.5 Å². The minimum absolute atomic E-state index is 0. The molecule has 5 heteroatoms. The molecule has 0 aliphatic carbocycles. The van der Waals surface area contributed by atoms with Crippen LogP contribution >= 0.6 is 11.3 Å². The first kappa shape index (κ1) is 30.0. The van der Waals surface area contributed by atoms with Crippen molar-refractivity contribution in [1.82, 2.24) is 9.97 Å². The molecular formula is C35H34IrN2SSi-2. The Balaban J connectivity index is 0.000000223. The molecule has 0 saturated heterocycles. The van der Waals surface area contributed by atoms with Crippen LogP contribution in [-0.4, -0.2) is 18.0 Å². The molecule has 0 fully saturated rings. The zero-order valence-electron chi connectivity index (χ0n) is 23.9.